The molecule has 0 heterocycles. The van der Waals surface area contributed by atoms with Gasteiger partial charge in [0.1, 0.15) is 0 Å². The van der Waals surface area contributed by atoms with Gasteiger partial charge in [-0.2, -0.15) is 0 Å². The van der Waals surface area contributed by atoms with Crippen molar-refractivity contribution in [2.75, 3.05) is 6.54 Å². The molecule has 0 saturated carbocycles. The Kier molecular flexibility index (Phi) is 7.06. The van der Waals surface area contributed by atoms with Gasteiger partial charge in [-0.05, 0) is 49.4 Å². The summed E-state index contributed by atoms with van der Waals surface area (Å²) in [5, 5.41) is 5.03. The van der Waals surface area contributed by atoms with Crippen LogP contribution in [0.2, 0.25) is 10.0 Å². The van der Waals surface area contributed by atoms with E-state index in [4.69, 9.17) is 23.2 Å². The maximum atomic E-state index is 6.29. The van der Waals surface area contributed by atoms with Gasteiger partial charge in [0, 0.05) is 16.1 Å². The topological polar surface area (TPSA) is 12.0 Å². The molecule has 0 aliphatic rings. The maximum Gasteiger partial charge on any atom is 0.0468 e. The average Bonchev–Trinajstić information content (AvgIpc) is 2.30. The summed E-state index contributed by atoms with van der Waals surface area (Å²) in [6.07, 6.45) is 3.43. The van der Waals surface area contributed by atoms with Crippen LogP contribution in [-0.4, -0.2) is 6.54 Å². The van der Waals surface area contributed by atoms with Gasteiger partial charge in [-0.25, -0.2) is 0 Å². The molecule has 1 aromatic carbocycles. The molecule has 1 unspecified atom stereocenters. The van der Waals surface area contributed by atoms with Crippen molar-refractivity contribution in [2.45, 2.75) is 46.1 Å². The van der Waals surface area contributed by atoms with Crippen LogP contribution in [0.1, 0.15) is 51.6 Å². The van der Waals surface area contributed by atoms with Crippen molar-refractivity contribution in [2.24, 2.45) is 5.92 Å². The lowest BCUT2D eigenvalue weighted by Gasteiger charge is -2.21. The molecule has 0 aromatic heterocycles. The Morgan fingerprint density at radius 3 is 2.44 bits per heavy atom. The third-order valence-electron chi connectivity index (χ3n) is 3.01. The number of hydrogen-bond acceptors (Lipinski definition) is 1. The monoisotopic (exact) mass is 287 g/mol. The number of benzene rings is 1. The molecule has 0 saturated heterocycles. The molecular formula is C15H23Cl2N. The van der Waals surface area contributed by atoms with Gasteiger partial charge in [0.2, 0.25) is 0 Å². The Balaban J connectivity index is 2.79. The summed E-state index contributed by atoms with van der Waals surface area (Å²) in [5.41, 5.74) is 1.16. The van der Waals surface area contributed by atoms with Crippen molar-refractivity contribution in [3.8, 4) is 0 Å². The Bertz CT molecular complexity index is 364. The molecule has 1 N–H and O–H groups in total. The highest BCUT2D eigenvalue weighted by Gasteiger charge is 2.14. The third kappa shape index (κ3) is 5.17. The lowest BCUT2D eigenvalue weighted by molar-refractivity contribution is 0.441. The summed E-state index contributed by atoms with van der Waals surface area (Å²) in [7, 11) is 0. The van der Waals surface area contributed by atoms with Crippen LogP contribution >= 0.6 is 23.2 Å². The molecule has 0 aliphatic carbocycles. The van der Waals surface area contributed by atoms with E-state index in [1.165, 1.54) is 6.42 Å². The molecule has 1 nitrogen and oxygen atoms in total. The van der Waals surface area contributed by atoms with Crippen molar-refractivity contribution >= 4 is 23.2 Å². The van der Waals surface area contributed by atoms with E-state index >= 15 is 0 Å². The molecule has 18 heavy (non-hydrogen) atoms. The summed E-state index contributed by atoms with van der Waals surface area (Å²) >= 11 is 12.2. The molecular weight excluding hydrogens is 265 g/mol. The second-order valence-electron chi connectivity index (χ2n) is 5.14. The van der Waals surface area contributed by atoms with Crippen molar-refractivity contribution in [1.82, 2.24) is 5.32 Å². The first kappa shape index (κ1) is 15.8. The lowest BCUT2D eigenvalue weighted by Crippen LogP contribution is -2.22. The molecule has 1 atom stereocenters. The van der Waals surface area contributed by atoms with Gasteiger partial charge in [-0.1, -0.05) is 50.0 Å². The van der Waals surface area contributed by atoms with Crippen LogP contribution in [0.5, 0.6) is 0 Å². The molecule has 0 spiro atoms. The van der Waals surface area contributed by atoms with Crippen molar-refractivity contribution in [1.29, 1.82) is 0 Å². The molecule has 1 rings (SSSR count). The molecule has 0 bridgehead atoms. The van der Waals surface area contributed by atoms with E-state index in [1.807, 2.05) is 18.2 Å². The van der Waals surface area contributed by atoms with Gasteiger partial charge < -0.3 is 5.32 Å². The predicted octanol–water partition coefficient (Wildman–Crippen LogP) is 5.47. The molecule has 3 heteroatoms. The Labute approximate surface area is 121 Å². The molecule has 0 amide bonds. The first-order valence-corrected chi connectivity index (χ1v) is 7.48. The van der Waals surface area contributed by atoms with E-state index in [0.29, 0.717) is 17.0 Å². The third-order valence-corrected chi connectivity index (χ3v) is 3.57. The largest absolute Gasteiger partial charge is 0.310 e. The molecule has 0 radical (unpaired) electrons. The second kappa shape index (κ2) is 8.04. The van der Waals surface area contributed by atoms with Gasteiger partial charge >= 0.3 is 0 Å². The summed E-state index contributed by atoms with van der Waals surface area (Å²) in [6.45, 7) is 7.69. The van der Waals surface area contributed by atoms with Crippen LogP contribution in [0.3, 0.4) is 0 Å². The molecule has 0 fully saturated rings. The minimum absolute atomic E-state index is 0.331. The van der Waals surface area contributed by atoms with E-state index in [-0.39, 0.29) is 0 Å². The lowest BCUT2D eigenvalue weighted by atomic mass is 9.97. The normalized spacial score (nSPS) is 13.0. The van der Waals surface area contributed by atoms with Crippen LogP contribution in [0.15, 0.2) is 18.2 Å². The number of halogens is 2. The smallest absolute Gasteiger partial charge is 0.0468 e. The highest BCUT2D eigenvalue weighted by Crippen LogP contribution is 2.29. The Morgan fingerprint density at radius 1 is 1.17 bits per heavy atom. The number of nitrogens with one attached hydrogen (secondary N) is 1. The van der Waals surface area contributed by atoms with Crippen LogP contribution in [0.4, 0.5) is 0 Å². The highest BCUT2D eigenvalue weighted by molar-refractivity contribution is 6.35. The summed E-state index contributed by atoms with van der Waals surface area (Å²) in [6, 6.07) is 6.11. The van der Waals surface area contributed by atoms with E-state index < -0.39 is 0 Å². The van der Waals surface area contributed by atoms with Gasteiger partial charge in [0.15, 0.2) is 0 Å². The van der Waals surface area contributed by atoms with E-state index in [2.05, 4.69) is 26.1 Å². The Morgan fingerprint density at radius 2 is 1.89 bits per heavy atom. The highest BCUT2D eigenvalue weighted by atomic mass is 35.5. The Hall–Kier alpha value is -0.240. The SMILES string of the molecule is CCCNC(CCC(C)C)c1ccc(Cl)cc1Cl. The van der Waals surface area contributed by atoms with Crippen LogP contribution < -0.4 is 5.32 Å². The fraction of sp³-hybridized carbons (Fsp3) is 0.600. The molecule has 0 aliphatic heterocycles. The fourth-order valence-electron chi connectivity index (χ4n) is 1.97. The van der Waals surface area contributed by atoms with Crippen LogP contribution in [-0.2, 0) is 0 Å². The minimum atomic E-state index is 0.331. The van der Waals surface area contributed by atoms with Crippen molar-refractivity contribution in [3.05, 3.63) is 33.8 Å². The van der Waals surface area contributed by atoms with Crippen LogP contribution in [0, 0.1) is 5.92 Å². The minimum Gasteiger partial charge on any atom is -0.310 e. The fourth-order valence-corrected chi connectivity index (χ4v) is 2.51. The number of rotatable bonds is 7. The summed E-state index contributed by atoms with van der Waals surface area (Å²) in [5.74, 6) is 0.710. The van der Waals surface area contributed by atoms with Gasteiger partial charge in [-0.3, -0.25) is 0 Å². The zero-order valence-corrected chi connectivity index (χ0v) is 13.0. The van der Waals surface area contributed by atoms with E-state index in [0.717, 1.165) is 30.0 Å². The quantitative estimate of drug-likeness (QED) is 0.701. The zero-order valence-electron chi connectivity index (χ0n) is 11.5. The first-order chi connectivity index (χ1) is 8.54. The average molecular weight is 288 g/mol. The van der Waals surface area contributed by atoms with Gasteiger partial charge in [0.05, 0.1) is 0 Å². The van der Waals surface area contributed by atoms with Crippen molar-refractivity contribution < 1.29 is 0 Å². The predicted molar refractivity (Wildman–Crippen MR) is 81.6 cm³/mol. The molecule has 1 aromatic rings. The summed E-state index contributed by atoms with van der Waals surface area (Å²) < 4.78 is 0. The maximum absolute atomic E-state index is 6.29. The first-order valence-electron chi connectivity index (χ1n) is 6.73. The zero-order chi connectivity index (χ0) is 13.5. The van der Waals surface area contributed by atoms with Crippen molar-refractivity contribution in [3.63, 3.8) is 0 Å². The second-order valence-corrected chi connectivity index (χ2v) is 5.99. The van der Waals surface area contributed by atoms with Gasteiger partial charge in [0.25, 0.3) is 0 Å². The van der Waals surface area contributed by atoms with Crippen LogP contribution in [0.25, 0.3) is 0 Å². The van der Waals surface area contributed by atoms with E-state index in [1.54, 1.807) is 0 Å². The summed E-state index contributed by atoms with van der Waals surface area (Å²) in [4.78, 5) is 0. The standard InChI is InChI=1S/C15H23Cl2N/c1-4-9-18-15(8-5-11(2)3)13-7-6-12(16)10-14(13)17/h6-7,10-11,15,18H,4-5,8-9H2,1-3H3. The van der Waals surface area contributed by atoms with Gasteiger partial charge in [-0.15, -0.1) is 0 Å². The van der Waals surface area contributed by atoms with E-state index in [9.17, 15) is 0 Å². The number of hydrogen-bond donors (Lipinski definition) is 1. The molecule has 102 valence electrons.